The van der Waals surface area contributed by atoms with Crippen LogP contribution in [0.3, 0.4) is 0 Å². The molecule has 26 heavy (non-hydrogen) atoms. The Balaban J connectivity index is 1.95. The van der Waals surface area contributed by atoms with Gasteiger partial charge in [0.2, 0.25) is 5.91 Å². The number of rotatable bonds is 6. The monoisotopic (exact) mass is 394 g/mol. The van der Waals surface area contributed by atoms with Gasteiger partial charge in [0.05, 0.1) is 10.6 Å². The molecular formula is C18H19ClN2O4S. The summed E-state index contributed by atoms with van der Waals surface area (Å²) in [5.41, 5.74) is 1.72. The van der Waals surface area contributed by atoms with Crippen LogP contribution in [0, 0.1) is 0 Å². The molecule has 0 aromatic heterocycles. The Hall–Kier alpha value is -2.09. The number of carbonyl (C=O) groups excluding carboxylic acids is 1. The first kappa shape index (κ1) is 18.7. The summed E-state index contributed by atoms with van der Waals surface area (Å²) in [6.07, 6.45) is 0.657. The molecule has 1 N–H and O–H groups in total. The summed E-state index contributed by atoms with van der Waals surface area (Å²) < 4.78 is 32.2. The number of anilines is 1. The summed E-state index contributed by atoms with van der Waals surface area (Å²) >= 11 is 6.11. The van der Waals surface area contributed by atoms with E-state index in [0.717, 1.165) is 4.31 Å². The Bertz CT molecular complexity index is 931. The number of halogens is 1. The molecule has 2 aromatic rings. The number of fused-ring (bicyclic) bond motifs is 3. The predicted molar refractivity (Wildman–Crippen MR) is 101 cm³/mol. The molecule has 8 heteroatoms. The molecule has 0 spiro atoms. The SMILES string of the molecule is COCCCNC(=O)CN1c2ccc(Cl)cc2-c2ccccc2S1(=O)=O. The van der Waals surface area contributed by atoms with Crippen molar-refractivity contribution >= 4 is 33.2 Å². The minimum atomic E-state index is -3.83. The van der Waals surface area contributed by atoms with Gasteiger partial charge in [-0.25, -0.2) is 8.42 Å². The molecule has 138 valence electrons. The van der Waals surface area contributed by atoms with Crippen molar-refractivity contribution < 1.29 is 17.9 Å². The zero-order valence-electron chi connectivity index (χ0n) is 14.2. The van der Waals surface area contributed by atoms with Gasteiger partial charge in [-0.2, -0.15) is 0 Å². The normalized spacial score (nSPS) is 14.5. The Morgan fingerprint density at radius 2 is 1.96 bits per heavy atom. The van der Waals surface area contributed by atoms with Crippen molar-refractivity contribution in [2.24, 2.45) is 0 Å². The summed E-state index contributed by atoms with van der Waals surface area (Å²) in [5.74, 6) is -0.370. The van der Waals surface area contributed by atoms with Gasteiger partial charge < -0.3 is 10.1 Å². The first-order valence-electron chi connectivity index (χ1n) is 8.12. The molecule has 0 aliphatic carbocycles. The number of nitrogens with one attached hydrogen (secondary N) is 1. The van der Waals surface area contributed by atoms with Crippen LogP contribution in [0.25, 0.3) is 11.1 Å². The molecule has 0 unspecified atom stereocenters. The maximum Gasteiger partial charge on any atom is 0.265 e. The van der Waals surface area contributed by atoms with Crippen molar-refractivity contribution in [3.05, 3.63) is 47.5 Å². The van der Waals surface area contributed by atoms with Crippen LogP contribution in [0.1, 0.15) is 6.42 Å². The van der Waals surface area contributed by atoms with Crippen LogP contribution >= 0.6 is 11.6 Å². The minimum absolute atomic E-state index is 0.168. The summed E-state index contributed by atoms with van der Waals surface area (Å²) in [6, 6.07) is 11.7. The fourth-order valence-electron chi connectivity index (χ4n) is 2.90. The lowest BCUT2D eigenvalue weighted by molar-refractivity contribution is -0.119. The number of hydrogen-bond acceptors (Lipinski definition) is 4. The highest BCUT2D eigenvalue weighted by Gasteiger charge is 2.35. The fourth-order valence-corrected chi connectivity index (χ4v) is 4.73. The largest absolute Gasteiger partial charge is 0.385 e. The molecule has 0 saturated heterocycles. The second kappa shape index (κ2) is 7.65. The van der Waals surface area contributed by atoms with Gasteiger partial charge in [-0.1, -0.05) is 29.8 Å². The Morgan fingerprint density at radius 3 is 2.73 bits per heavy atom. The van der Waals surface area contributed by atoms with E-state index in [0.29, 0.717) is 41.4 Å². The Kier molecular flexibility index (Phi) is 5.50. The molecule has 6 nitrogen and oxygen atoms in total. The fraction of sp³-hybridized carbons (Fsp3) is 0.278. The third-order valence-electron chi connectivity index (χ3n) is 4.11. The second-order valence-electron chi connectivity index (χ2n) is 5.87. The molecule has 1 aliphatic heterocycles. The quantitative estimate of drug-likeness (QED) is 0.764. The van der Waals surface area contributed by atoms with E-state index in [1.165, 1.54) is 6.07 Å². The van der Waals surface area contributed by atoms with Gasteiger partial charge in [0, 0.05) is 36.4 Å². The molecule has 1 amide bonds. The number of ether oxygens (including phenoxy) is 1. The van der Waals surface area contributed by atoms with Crippen LogP contribution in [0.2, 0.25) is 5.02 Å². The molecule has 0 atom stereocenters. The minimum Gasteiger partial charge on any atom is -0.385 e. The second-order valence-corrected chi connectivity index (χ2v) is 8.13. The summed E-state index contributed by atoms with van der Waals surface area (Å²) in [5, 5.41) is 3.22. The van der Waals surface area contributed by atoms with Crippen LogP contribution in [0.5, 0.6) is 0 Å². The maximum atomic E-state index is 13.1. The summed E-state index contributed by atoms with van der Waals surface area (Å²) in [4.78, 5) is 12.4. The summed E-state index contributed by atoms with van der Waals surface area (Å²) in [6.45, 7) is 0.653. The van der Waals surface area contributed by atoms with E-state index < -0.39 is 10.0 Å². The van der Waals surface area contributed by atoms with Crippen molar-refractivity contribution in [3.63, 3.8) is 0 Å². The van der Waals surface area contributed by atoms with Crippen molar-refractivity contribution in [2.75, 3.05) is 31.1 Å². The molecule has 2 aromatic carbocycles. The van der Waals surface area contributed by atoms with Crippen LogP contribution in [0.15, 0.2) is 47.4 Å². The van der Waals surface area contributed by atoms with Gasteiger partial charge in [-0.05, 0) is 30.7 Å². The van der Waals surface area contributed by atoms with Crippen LogP contribution in [-0.2, 0) is 19.6 Å². The first-order valence-corrected chi connectivity index (χ1v) is 9.94. The lowest BCUT2D eigenvalue weighted by atomic mass is 10.0. The third kappa shape index (κ3) is 3.56. The van der Waals surface area contributed by atoms with Gasteiger partial charge in [0.15, 0.2) is 0 Å². The molecule has 0 bridgehead atoms. The standard InChI is InChI=1S/C18H19ClN2O4S/c1-25-10-4-9-20-18(22)12-21-16-8-7-13(19)11-15(16)14-5-2-3-6-17(14)26(21,23)24/h2-3,5-8,11H,4,9-10,12H2,1H3,(H,20,22). The predicted octanol–water partition coefficient (Wildman–Crippen LogP) is 2.67. The Morgan fingerprint density at radius 1 is 1.19 bits per heavy atom. The van der Waals surface area contributed by atoms with E-state index in [-0.39, 0.29) is 17.3 Å². The van der Waals surface area contributed by atoms with Crippen LogP contribution < -0.4 is 9.62 Å². The number of benzene rings is 2. The zero-order valence-corrected chi connectivity index (χ0v) is 15.8. The van der Waals surface area contributed by atoms with Crippen molar-refractivity contribution in [1.29, 1.82) is 0 Å². The van der Waals surface area contributed by atoms with Crippen molar-refractivity contribution in [2.45, 2.75) is 11.3 Å². The molecule has 0 fully saturated rings. The first-order chi connectivity index (χ1) is 12.4. The highest BCUT2D eigenvalue weighted by molar-refractivity contribution is 7.93. The topological polar surface area (TPSA) is 75.7 Å². The van der Waals surface area contributed by atoms with Crippen LogP contribution in [0.4, 0.5) is 5.69 Å². The maximum absolute atomic E-state index is 13.1. The van der Waals surface area contributed by atoms with E-state index in [4.69, 9.17) is 16.3 Å². The molecular weight excluding hydrogens is 376 g/mol. The van der Waals surface area contributed by atoms with Gasteiger partial charge >= 0.3 is 0 Å². The molecule has 1 aliphatic rings. The van der Waals surface area contributed by atoms with E-state index in [1.807, 2.05) is 0 Å². The van der Waals surface area contributed by atoms with E-state index >= 15 is 0 Å². The van der Waals surface area contributed by atoms with Gasteiger partial charge in [0.1, 0.15) is 6.54 Å². The van der Waals surface area contributed by atoms with Gasteiger partial charge in [0.25, 0.3) is 10.0 Å². The molecule has 0 saturated carbocycles. The smallest absolute Gasteiger partial charge is 0.265 e. The summed E-state index contributed by atoms with van der Waals surface area (Å²) in [7, 11) is -2.25. The number of carbonyl (C=O) groups is 1. The molecule has 3 rings (SSSR count). The van der Waals surface area contributed by atoms with Crippen molar-refractivity contribution in [3.8, 4) is 11.1 Å². The number of methoxy groups -OCH3 is 1. The average Bonchev–Trinajstić information content (AvgIpc) is 2.63. The lowest BCUT2D eigenvalue weighted by Gasteiger charge is -2.31. The number of sulfonamides is 1. The van der Waals surface area contributed by atoms with E-state index in [1.54, 1.807) is 43.5 Å². The molecule has 0 radical (unpaired) electrons. The lowest BCUT2D eigenvalue weighted by Crippen LogP contribution is -2.42. The third-order valence-corrected chi connectivity index (χ3v) is 6.16. The molecule has 1 heterocycles. The number of nitrogens with zero attached hydrogens (tertiary/aromatic N) is 1. The average molecular weight is 395 g/mol. The van der Waals surface area contributed by atoms with E-state index in [2.05, 4.69) is 5.32 Å². The zero-order chi connectivity index (χ0) is 18.7. The highest BCUT2D eigenvalue weighted by atomic mass is 35.5. The van der Waals surface area contributed by atoms with E-state index in [9.17, 15) is 13.2 Å². The number of hydrogen-bond donors (Lipinski definition) is 1. The number of amides is 1. The van der Waals surface area contributed by atoms with Gasteiger partial charge in [-0.3, -0.25) is 9.10 Å². The Labute approximate surface area is 157 Å². The van der Waals surface area contributed by atoms with Gasteiger partial charge in [-0.15, -0.1) is 0 Å². The highest BCUT2D eigenvalue weighted by Crippen LogP contribution is 2.43. The van der Waals surface area contributed by atoms with Crippen LogP contribution in [-0.4, -0.2) is 41.1 Å². The van der Waals surface area contributed by atoms with Crippen molar-refractivity contribution in [1.82, 2.24) is 5.32 Å².